The minimum absolute atomic E-state index is 0.778. The molecule has 2 heterocycles. The molecule has 2 fully saturated rings. The average molecular weight is 265 g/mol. The van der Waals surface area contributed by atoms with E-state index in [0.29, 0.717) is 0 Å². The molecule has 13 heavy (non-hydrogen) atoms. The standard InChI is InChI=1S/C10H17BrOS/c11-10-7-13-6-9(10)5-8-1-3-12-4-2-8/h8-10H,1-7H2. The van der Waals surface area contributed by atoms with E-state index in [2.05, 4.69) is 27.7 Å². The monoisotopic (exact) mass is 264 g/mol. The topological polar surface area (TPSA) is 9.23 Å². The summed E-state index contributed by atoms with van der Waals surface area (Å²) in [6, 6.07) is 0. The fourth-order valence-corrected chi connectivity index (χ4v) is 4.71. The first kappa shape index (κ1) is 10.3. The van der Waals surface area contributed by atoms with Crippen molar-refractivity contribution < 1.29 is 4.74 Å². The lowest BCUT2D eigenvalue weighted by molar-refractivity contribution is 0.0600. The van der Waals surface area contributed by atoms with Crippen molar-refractivity contribution in [2.24, 2.45) is 11.8 Å². The third-order valence-corrected chi connectivity index (χ3v) is 5.86. The van der Waals surface area contributed by atoms with E-state index in [9.17, 15) is 0 Å². The fourth-order valence-electron chi connectivity index (χ4n) is 2.20. The minimum atomic E-state index is 0.778. The van der Waals surface area contributed by atoms with Crippen molar-refractivity contribution >= 4 is 27.7 Å². The summed E-state index contributed by atoms with van der Waals surface area (Å²) in [5.41, 5.74) is 0. The molecule has 0 N–H and O–H groups in total. The van der Waals surface area contributed by atoms with E-state index in [0.717, 1.165) is 29.9 Å². The number of ether oxygens (including phenoxy) is 1. The van der Waals surface area contributed by atoms with Gasteiger partial charge in [-0.05, 0) is 36.9 Å². The number of hydrogen-bond acceptors (Lipinski definition) is 2. The maximum absolute atomic E-state index is 5.37. The van der Waals surface area contributed by atoms with Crippen LogP contribution in [0.15, 0.2) is 0 Å². The van der Waals surface area contributed by atoms with Gasteiger partial charge in [-0.2, -0.15) is 11.8 Å². The second-order valence-electron chi connectivity index (χ2n) is 4.10. The molecule has 0 spiro atoms. The minimum Gasteiger partial charge on any atom is -0.381 e. The summed E-state index contributed by atoms with van der Waals surface area (Å²) in [5.74, 6) is 4.55. The molecule has 0 aliphatic carbocycles. The lowest BCUT2D eigenvalue weighted by Gasteiger charge is -2.25. The molecule has 2 unspecified atom stereocenters. The van der Waals surface area contributed by atoms with Crippen molar-refractivity contribution in [1.29, 1.82) is 0 Å². The highest BCUT2D eigenvalue weighted by atomic mass is 79.9. The summed E-state index contributed by atoms with van der Waals surface area (Å²) in [4.78, 5) is 0.778. The highest BCUT2D eigenvalue weighted by Gasteiger charge is 2.28. The third-order valence-electron chi connectivity index (χ3n) is 3.10. The maximum atomic E-state index is 5.37. The molecule has 2 aliphatic rings. The van der Waals surface area contributed by atoms with E-state index in [1.807, 2.05) is 0 Å². The molecular weight excluding hydrogens is 248 g/mol. The second-order valence-corrected chi connectivity index (χ2v) is 6.36. The van der Waals surface area contributed by atoms with Gasteiger partial charge in [-0.25, -0.2) is 0 Å². The van der Waals surface area contributed by atoms with Crippen LogP contribution in [0, 0.1) is 11.8 Å². The molecule has 1 nitrogen and oxygen atoms in total. The number of alkyl halides is 1. The van der Waals surface area contributed by atoms with Crippen molar-refractivity contribution in [3.05, 3.63) is 0 Å². The number of thioether (sulfide) groups is 1. The van der Waals surface area contributed by atoms with Crippen LogP contribution in [0.3, 0.4) is 0 Å². The van der Waals surface area contributed by atoms with Crippen LogP contribution in [0.5, 0.6) is 0 Å². The van der Waals surface area contributed by atoms with Gasteiger partial charge in [0.2, 0.25) is 0 Å². The first-order valence-corrected chi connectivity index (χ1v) is 7.23. The zero-order valence-electron chi connectivity index (χ0n) is 7.88. The van der Waals surface area contributed by atoms with Crippen molar-refractivity contribution in [3.8, 4) is 0 Å². The van der Waals surface area contributed by atoms with E-state index in [1.54, 1.807) is 0 Å². The van der Waals surface area contributed by atoms with Crippen LogP contribution in [0.1, 0.15) is 19.3 Å². The molecule has 2 rings (SSSR count). The second kappa shape index (κ2) is 5.04. The van der Waals surface area contributed by atoms with Gasteiger partial charge in [0.15, 0.2) is 0 Å². The molecule has 0 radical (unpaired) electrons. The third kappa shape index (κ3) is 2.87. The summed E-state index contributed by atoms with van der Waals surface area (Å²) in [6.07, 6.45) is 4.01. The molecule has 76 valence electrons. The molecular formula is C10H17BrOS. The van der Waals surface area contributed by atoms with Gasteiger partial charge in [0.05, 0.1) is 0 Å². The highest BCUT2D eigenvalue weighted by molar-refractivity contribution is 9.09. The molecule has 0 aromatic heterocycles. The van der Waals surface area contributed by atoms with Crippen molar-refractivity contribution in [2.45, 2.75) is 24.1 Å². The van der Waals surface area contributed by atoms with Crippen LogP contribution < -0.4 is 0 Å². The van der Waals surface area contributed by atoms with Crippen molar-refractivity contribution in [1.82, 2.24) is 0 Å². The molecule has 0 aromatic carbocycles. The SMILES string of the molecule is BrC1CSCC1CC1CCOCC1. The Hall–Kier alpha value is 0.790. The largest absolute Gasteiger partial charge is 0.381 e. The first-order chi connectivity index (χ1) is 6.36. The van der Waals surface area contributed by atoms with Crippen molar-refractivity contribution in [2.75, 3.05) is 24.7 Å². The van der Waals surface area contributed by atoms with E-state index >= 15 is 0 Å². The molecule has 0 amide bonds. The van der Waals surface area contributed by atoms with Gasteiger partial charge < -0.3 is 4.74 Å². The molecule has 0 bridgehead atoms. The number of rotatable bonds is 2. The van der Waals surface area contributed by atoms with Gasteiger partial charge in [0.1, 0.15) is 0 Å². The Morgan fingerprint density at radius 1 is 1.23 bits per heavy atom. The summed E-state index contributed by atoms with van der Waals surface area (Å²) in [7, 11) is 0. The normalized spacial score (nSPS) is 36.7. The number of hydrogen-bond donors (Lipinski definition) is 0. The zero-order chi connectivity index (χ0) is 9.10. The Balaban J connectivity index is 1.75. The van der Waals surface area contributed by atoms with Crippen LogP contribution in [0.25, 0.3) is 0 Å². The lowest BCUT2D eigenvalue weighted by Crippen LogP contribution is -2.21. The molecule has 2 aliphatic heterocycles. The van der Waals surface area contributed by atoms with Gasteiger partial charge >= 0.3 is 0 Å². The molecule has 2 atom stereocenters. The Morgan fingerprint density at radius 3 is 2.62 bits per heavy atom. The quantitative estimate of drug-likeness (QED) is 0.710. The van der Waals surface area contributed by atoms with E-state index in [4.69, 9.17) is 4.74 Å². The maximum Gasteiger partial charge on any atom is 0.0468 e. The smallest absolute Gasteiger partial charge is 0.0468 e. The van der Waals surface area contributed by atoms with Gasteiger partial charge in [-0.15, -0.1) is 0 Å². The Kier molecular flexibility index (Phi) is 3.99. The highest BCUT2D eigenvalue weighted by Crippen LogP contribution is 2.36. The molecule has 3 heteroatoms. The lowest BCUT2D eigenvalue weighted by atomic mass is 9.89. The van der Waals surface area contributed by atoms with Gasteiger partial charge in [0, 0.05) is 23.8 Å². The van der Waals surface area contributed by atoms with Crippen LogP contribution in [0.4, 0.5) is 0 Å². The van der Waals surface area contributed by atoms with Crippen LogP contribution in [-0.2, 0) is 4.74 Å². The number of halogens is 1. The Labute approximate surface area is 93.1 Å². The summed E-state index contributed by atoms with van der Waals surface area (Å²) in [5, 5.41) is 0. The fraction of sp³-hybridized carbons (Fsp3) is 1.00. The van der Waals surface area contributed by atoms with Crippen molar-refractivity contribution in [3.63, 3.8) is 0 Å². The van der Waals surface area contributed by atoms with E-state index < -0.39 is 0 Å². The summed E-state index contributed by atoms with van der Waals surface area (Å²) < 4.78 is 5.37. The van der Waals surface area contributed by atoms with Gasteiger partial charge in [0.25, 0.3) is 0 Å². The predicted molar refractivity (Wildman–Crippen MR) is 61.7 cm³/mol. The molecule has 0 saturated carbocycles. The van der Waals surface area contributed by atoms with Crippen LogP contribution in [0.2, 0.25) is 0 Å². The Morgan fingerprint density at radius 2 is 2.00 bits per heavy atom. The average Bonchev–Trinajstić information content (AvgIpc) is 2.54. The van der Waals surface area contributed by atoms with Gasteiger partial charge in [-0.3, -0.25) is 0 Å². The molecule has 0 aromatic rings. The van der Waals surface area contributed by atoms with E-state index in [-0.39, 0.29) is 0 Å². The van der Waals surface area contributed by atoms with Crippen LogP contribution in [-0.4, -0.2) is 29.5 Å². The van der Waals surface area contributed by atoms with Gasteiger partial charge in [-0.1, -0.05) is 15.9 Å². The molecule has 2 saturated heterocycles. The Bertz CT molecular complexity index is 159. The van der Waals surface area contributed by atoms with E-state index in [1.165, 1.54) is 30.8 Å². The first-order valence-electron chi connectivity index (χ1n) is 5.16. The predicted octanol–water partition coefficient (Wildman–Crippen LogP) is 2.93. The van der Waals surface area contributed by atoms with Crippen LogP contribution >= 0.6 is 27.7 Å². The summed E-state index contributed by atoms with van der Waals surface area (Å²) >= 11 is 5.88. The zero-order valence-corrected chi connectivity index (χ0v) is 10.3. The summed E-state index contributed by atoms with van der Waals surface area (Å²) in [6.45, 7) is 2.00.